The maximum absolute atomic E-state index is 12.9. The van der Waals surface area contributed by atoms with E-state index in [1.165, 1.54) is 13.2 Å². The zero-order valence-electron chi connectivity index (χ0n) is 15.3. The lowest BCUT2D eigenvalue weighted by Crippen LogP contribution is -2.58. The SMILES string of the molecule is COC(=O)C1=C[C@H](c2ccc(Br)cc2)[C@](C)(NC(=O)c2ccccc2)C(=O)O1. The normalized spacial score (nSPS) is 21.3. The molecule has 1 heterocycles. The number of ether oxygens (including phenoxy) is 2. The maximum atomic E-state index is 12.9. The fourth-order valence-electron chi connectivity index (χ4n) is 3.02. The lowest BCUT2D eigenvalue weighted by Gasteiger charge is -2.38. The number of carbonyl (C=O) groups is 3. The molecule has 0 spiro atoms. The molecule has 0 saturated carbocycles. The molecule has 2 aromatic rings. The van der Waals surface area contributed by atoms with Crippen LogP contribution in [-0.4, -0.2) is 30.5 Å². The van der Waals surface area contributed by atoms with Crippen molar-refractivity contribution in [3.05, 3.63) is 82.0 Å². The van der Waals surface area contributed by atoms with Crippen LogP contribution in [0.25, 0.3) is 0 Å². The molecule has 0 aliphatic carbocycles. The van der Waals surface area contributed by atoms with Gasteiger partial charge in [0.2, 0.25) is 5.76 Å². The van der Waals surface area contributed by atoms with Gasteiger partial charge in [0.15, 0.2) is 0 Å². The van der Waals surface area contributed by atoms with E-state index in [2.05, 4.69) is 26.0 Å². The van der Waals surface area contributed by atoms with Crippen molar-refractivity contribution in [1.82, 2.24) is 5.32 Å². The van der Waals surface area contributed by atoms with Crippen LogP contribution in [0.15, 0.2) is 70.9 Å². The highest BCUT2D eigenvalue weighted by atomic mass is 79.9. The van der Waals surface area contributed by atoms with Gasteiger partial charge in [-0.05, 0) is 42.8 Å². The maximum Gasteiger partial charge on any atom is 0.373 e. The Morgan fingerprint density at radius 1 is 1.11 bits per heavy atom. The number of nitrogens with one attached hydrogen (secondary N) is 1. The number of hydrogen-bond donors (Lipinski definition) is 1. The van der Waals surface area contributed by atoms with E-state index in [0.29, 0.717) is 5.56 Å². The predicted octanol–water partition coefficient (Wildman–Crippen LogP) is 3.34. The van der Waals surface area contributed by atoms with Gasteiger partial charge < -0.3 is 14.8 Å². The molecule has 6 nitrogen and oxygen atoms in total. The second-order valence-electron chi connectivity index (χ2n) is 6.46. The Hall–Kier alpha value is -2.93. The summed E-state index contributed by atoms with van der Waals surface area (Å²) in [5.74, 6) is -2.76. The number of hydrogen-bond acceptors (Lipinski definition) is 5. The van der Waals surface area contributed by atoms with E-state index in [1.807, 2.05) is 24.3 Å². The molecule has 1 aliphatic heterocycles. The minimum atomic E-state index is -1.42. The minimum absolute atomic E-state index is 0.202. The molecule has 144 valence electrons. The van der Waals surface area contributed by atoms with Crippen molar-refractivity contribution in [2.75, 3.05) is 7.11 Å². The number of halogens is 1. The molecule has 28 heavy (non-hydrogen) atoms. The Bertz CT molecular complexity index is 939. The lowest BCUT2D eigenvalue weighted by atomic mass is 9.78. The van der Waals surface area contributed by atoms with Gasteiger partial charge in [-0.2, -0.15) is 0 Å². The van der Waals surface area contributed by atoms with Crippen molar-refractivity contribution in [3.8, 4) is 0 Å². The largest absolute Gasteiger partial charge is 0.463 e. The first-order chi connectivity index (χ1) is 13.3. The van der Waals surface area contributed by atoms with E-state index in [-0.39, 0.29) is 5.76 Å². The summed E-state index contributed by atoms with van der Waals surface area (Å²) in [7, 11) is 1.20. The first-order valence-electron chi connectivity index (χ1n) is 8.50. The highest BCUT2D eigenvalue weighted by Gasteiger charge is 2.48. The molecule has 3 rings (SSSR count). The molecule has 1 aliphatic rings. The van der Waals surface area contributed by atoms with Gasteiger partial charge in [-0.15, -0.1) is 0 Å². The summed E-state index contributed by atoms with van der Waals surface area (Å²) >= 11 is 3.38. The second-order valence-corrected chi connectivity index (χ2v) is 7.38. The molecular formula is C21H18BrNO5. The minimum Gasteiger partial charge on any atom is -0.463 e. The van der Waals surface area contributed by atoms with Crippen LogP contribution in [0, 0.1) is 0 Å². The Balaban J connectivity index is 2.04. The summed E-state index contributed by atoms with van der Waals surface area (Å²) in [5.41, 5.74) is -0.274. The fourth-order valence-corrected chi connectivity index (χ4v) is 3.29. The second kappa shape index (κ2) is 7.98. The Kier molecular flexibility index (Phi) is 5.65. The van der Waals surface area contributed by atoms with Gasteiger partial charge >= 0.3 is 11.9 Å². The van der Waals surface area contributed by atoms with Crippen molar-refractivity contribution in [3.63, 3.8) is 0 Å². The summed E-state index contributed by atoms with van der Waals surface area (Å²) in [6.07, 6.45) is 1.50. The number of benzene rings is 2. The topological polar surface area (TPSA) is 81.7 Å². The molecule has 7 heteroatoms. The third-order valence-corrected chi connectivity index (χ3v) is 5.12. The standard InChI is InChI=1S/C21H18BrNO5/c1-21(23-18(24)14-6-4-3-5-7-14)16(13-8-10-15(22)11-9-13)12-17(19(25)27-2)28-20(21)26/h3-12,16H,1-2H3,(H,23,24)/t16-,21+/m1/s1. The van der Waals surface area contributed by atoms with E-state index in [1.54, 1.807) is 37.3 Å². The van der Waals surface area contributed by atoms with E-state index in [4.69, 9.17) is 4.74 Å². The molecule has 2 aromatic carbocycles. The summed E-state index contributed by atoms with van der Waals surface area (Å²) < 4.78 is 10.7. The van der Waals surface area contributed by atoms with Crippen LogP contribution in [0.4, 0.5) is 0 Å². The van der Waals surface area contributed by atoms with Crippen LogP contribution in [-0.2, 0) is 19.1 Å². The number of cyclic esters (lactones) is 1. The molecule has 0 bridgehead atoms. The van der Waals surface area contributed by atoms with Crippen molar-refractivity contribution < 1.29 is 23.9 Å². The van der Waals surface area contributed by atoms with Gasteiger partial charge in [0.25, 0.3) is 5.91 Å². The van der Waals surface area contributed by atoms with Crippen molar-refractivity contribution in [1.29, 1.82) is 0 Å². The van der Waals surface area contributed by atoms with E-state index < -0.39 is 29.3 Å². The van der Waals surface area contributed by atoms with Crippen LogP contribution in [0.3, 0.4) is 0 Å². The van der Waals surface area contributed by atoms with Gasteiger partial charge in [-0.1, -0.05) is 46.3 Å². The van der Waals surface area contributed by atoms with Crippen molar-refractivity contribution >= 4 is 33.8 Å². The summed E-state index contributed by atoms with van der Waals surface area (Å²) in [4.78, 5) is 37.5. The number of carbonyl (C=O) groups excluding carboxylic acids is 3. The molecule has 0 unspecified atom stereocenters. The Morgan fingerprint density at radius 3 is 2.36 bits per heavy atom. The van der Waals surface area contributed by atoms with Crippen LogP contribution in [0.5, 0.6) is 0 Å². The van der Waals surface area contributed by atoms with Crippen molar-refractivity contribution in [2.45, 2.75) is 18.4 Å². The van der Waals surface area contributed by atoms with Gasteiger partial charge in [-0.25, -0.2) is 9.59 Å². The first-order valence-corrected chi connectivity index (χ1v) is 9.30. The Morgan fingerprint density at radius 2 is 1.75 bits per heavy atom. The lowest BCUT2D eigenvalue weighted by molar-refractivity contribution is -0.156. The molecule has 0 radical (unpaired) electrons. The van der Waals surface area contributed by atoms with E-state index in [0.717, 1.165) is 10.0 Å². The number of methoxy groups -OCH3 is 1. The number of amides is 1. The third-order valence-electron chi connectivity index (χ3n) is 4.59. The monoisotopic (exact) mass is 443 g/mol. The quantitative estimate of drug-likeness (QED) is 0.732. The molecule has 1 amide bonds. The molecule has 0 saturated heterocycles. The summed E-state index contributed by atoms with van der Waals surface area (Å²) in [6, 6.07) is 15.8. The van der Waals surface area contributed by atoms with Crippen molar-refractivity contribution in [2.24, 2.45) is 0 Å². The summed E-state index contributed by atoms with van der Waals surface area (Å²) in [6.45, 7) is 1.58. The van der Waals surface area contributed by atoms with Gasteiger partial charge in [-0.3, -0.25) is 4.79 Å². The summed E-state index contributed by atoms with van der Waals surface area (Å²) in [5, 5.41) is 2.78. The zero-order chi connectivity index (χ0) is 20.3. The molecule has 0 aromatic heterocycles. The van der Waals surface area contributed by atoms with Crippen LogP contribution in [0.2, 0.25) is 0 Å². The van der Waals surface area contributed by atoms with Gasteiger partial charge in [0, 0.05) is 16.0 Å². The zero-order valence-corrected chi connectivity index (χ0v) is 16.9. The third kappa shape index (κ3) is 3.84. The molecule has 0 fully saturated rings. The number of esters is 2. The number of rotatable bonds is 4. The molecule has 2 atom stereocenters. The van der Waals surface area contributed by atoms with Crippen LogP contribution >= 0.6 is 15.9 Å². The highest BCUT2D eigenvalue weighted by molar-refractivity contribution is 9.10. The molecule has 1 N–H and O–H groups in total. The Labute approximate surface area is 170 Å². The van der Waals surface area contributed by atoms with Crippen LogP contribution in [0.1, 0.15) is 28.8 Å². The predicted molar refractivity (Wildman–Crippen MR) is 105 cm³/mol. The average Bonchev–Trinajstić information content (AvgIpc) is 2.71. The van der Waals surface area contributed by atoms with Gasteiger partial charge in [0.05, 0.1) is 7.11 Å². The van der Waals surface area contributed by atoms with Crippen LogP contribution < -0.4 is 5.32 Å². The van der Waals surface area contributed by atoms with Gasteiger partial charge in [0.1, 0.15) is 5.54 Å². The van der Waals surface area contributed by atoms with E-state index >= 15 is 0 Å². The molecular weight excluding hydrogens is 426 g/mol. The highest BCUT2D eigenvalue weighted by Crippen LogP contribution is 2.37. The first kappa shape index (κ1) is 19.8. The van der Waals surface area contributed by atoms with E-state index in [9.17, 15) is 14.4 Å². The fraction of sp³-hybridized carbons (Fsp3) is 0.190. The average molecular weight is 444 g/mol. The smallest absolute Gasteiger partial charge is 0.373 e.